The SMILES string of the molecule is COc1ccc(Nc2nccc(N(C)c3ccc4c(C)n(C)nc4c3)n2)cc1. The normalized spacial score (nSPS) is 10.9. The molecule has 0 bridgehead atoms. The highest BCUT2D eigenvalue weighted by molar-refractivity contribution is 5.85. The van der Waals surface area contributed by atoms with Crippen molar-refractivity contribution < 1.29 is 4.74 Å². The average Bonchev–Trinajstić information content (AvgIpc) is 3.01. The lowest BCUT2D eigenvalue weighted by Gasteiger charge is -2.19. The van der Waals surface area contributed by atoms with Gasteiger partial charge >= 0.3 is 0 Å². The standard InChI is InChI=1S/C21H22N6O/c1-14-18-10-7-16(13-19(18)25-27(14)3)26(2)20-11-12-22-21(24-20)23-15-5-8-17(28-4)9-6-15/h5-13H,1-4H3,(H,22,23,24). The van der Waals surface area contributed by atoms with E-state index in [0.29, 0.717) is 5.95 Å². The van der Waals surface area contributed by atoms with E-state index >= 15 is 0 Å². The topological polar surface area (TPSA) is 68.1 Å². The Labute approximate surface area is 163 Å². The maximum absolute atomic E-state index is 5.19. The van der Waals surface area contributed by atoms with E-state index in [1.165, 1.54) is 0 Å². The zero-order valence-corrected chi connectivity index (χ0v) is 16.3. The van der Waals surface area contributed by atoms with Crippen LogP contribution in [-0.4, -0.2) is 33.9 Å². The first kappa shape index (κ1) is 17.8. The molecule has 0 aliphatic carbocycles. The Balaban J connectivity index is 1.59. The number of methoxy groups -OCH3 is 1. The van der Waals surface area contributed by atoms with E-state index in [4.69, 9.17) is 4.74 Å². The zero-order chi connectivity index (χ0) is 19.7. The van der Waals surface area contributed by atoms with Gasteiger partial charge in [0.15, 0.2) is 0 Å². The van der Waals surface area contributed by atoms with Gasteiger partial charge in [-0.3, -0.25) is 4.68 Å². The Kier molecular flexibility index (Phi) is 4.57. The molecule has 0 fully saturated rings. The third-order valence-corrected chi connectivity index (χ3v) is 4.83. The number of hydrogen-bond acceptors (Lipinski definition) is 6. The smallest absolute Gasteiger partial charge is 0.229 e. The first-order valence-corrected chi connectivity index (χ1v) is 8.96. The number of anilines is 4. The molecule has 1 N–H and O–H groups in total. The zero-order valence-electron chi connectivity index (χ0n) is 16.3. The van der Waals surface area contributed by atoms with Crippen molar-refractivity contribution in [2.24, 2.45) is 7.05 Å². The molecule has 2 aromatic carbocycles. The van der Waals surface area contributed by atoms with E-state index in [2.05, 4.69) is 45.5 Å². The van der Waals surface area contributed by atoms with Gasteiger partial charge in [0, 0.05) is 42.7 Å². The van der Waals surface area contributed by atoms with E-state index in [9.17, 15) is 0 Å². The number of ether oxygens (including phenoxy) is 1. The molecule has 0 spiro atoms. The third kappa shape index (κ3) is 3.34. The molecule has 7 nitrogen and oxygen atoms in total. The second kappa shape index (κ2) is 7.19. The van der Waals surface area contributed by atoms with Crippen molar-refractivity contribution in [2.45, 2.75) is 6.92 Å². The molecule has 0 atom stereocenters. The maximum atomic E-state index is 5.19. The van der Waals surface area contributed by atoms with Crippen LogP contribution in [0.5, 0.6) is 5.75 Å². The van der Waals surface area contributed by atoms with Crippen LogP contribution in [0, 0.1) is 6.92 Å². The van der Waals surface area contributed by atoms with Crippen LogP contribution in [0.15, 0.2) is 54.7 Å². The van der Waals surface area contributed by atoms with Gasteiger partial charge in [0.2, 0.25) is 5.95 Å². The summed E-state index contributed by atoms with van der Waals surface area (Å²) < 4.78 is 7.08. The highest BCUT2D eigenvalue weighted by Crippen LogP contribution is 2.27. The van der Waals surface area contributed by atoms with Crippen LogP contribution in [0.3, 0.4) is 0 Å². The van der Waals surface area contributed by atoms with Crippen molar-refractivity contribution in [1.82, 2.24) is 19.7 Å². The summed E-state index contributed by atoms with van der Waals surface area (Å²) in [6, 6.07) is 15.8. The number of rotatable bonds is 5. The predicted molar refractivity (Wildman–Crippen MR) is 112 cm³/mol. The van der Waals surface area contributed by atoms with Gasteiger partial charge in [-0.1, -0.05) is 0 Å². The lowest BCUT2D eigenvalue weighted by Crippen LogP contribution is -2.12. The number of nitrogens with zero attached hydrogens (tertiary/aromatic N) is 5. The molecule has 0 radical (unpaired) electrons. The van der Waals surface area contributed by atoms with Crippen LogP contribution >= 0.6 is 0 Å². The van der Waals surface area contributed by atoms with Crippen LogP contribution in [0.25, 0.3) is 10.9 Å². The Morgan fingerprint density at radius 2 is 1.86 bits per heavy atom. The predicted octanol–water partition coefficient (Wildman–Crippen LogP) is 4.19. The Morgan fingerprint density at radius 1 is 1.07 bits per heavy atom. The second-order valence-corrected chi connectivity index (χ2v) is 6.56. The molecule has 7 heteroatoms. The molecule has 0 amide bonds. The lowest BCUT2D eigenvalue weighted by atomic mass is 10.2. The molecular weight excluding hydrogens is 352 g/mol. The number of aromatic nitrogens is 4. The highest BCUT2D eigenvalue weighted by Gasteiger charge is 2.11. The minimum atomic E-state index is 0.532. The van der Waals surface area contributed by atoms with Gasteiger partial charge in [0.05, 0.1) is 12.6 Å². The average molecular weight is 374 g/mol. The minimum Gasteiger partial charge on any atom is -0.497 e. The Morgan fingerprint density at radius 3 is 2.61 bits per heavy atom. The molecule has 142 valence electrons. The van der Waals surface area contributed by atoms with Gasteiger partial charge in [0.1, 0.15) is 11.6 Å². The molecule has 0 aliphatic rings. The van der Waals surface area contributed by atoms with E-state index < -0.39 is 0 Å². The minimum absolute atomic E-state index is 0.532. The Bertz CT molecular complexity index is 1120. The third-order valence-electron chi connectivity index (χ3n) is 4.83. The van der Waals surface area contributed by atoms with E-state index in [1.807, 2.05) is 54.0 Å². The van der Waals surface area contributed by atoms with Crippen molar-refractivity contribution in [2.75, 3.05) is 24.4 Å². The van der Waals surface area contributed by atoms with Gasteiger partial charge in [-0.15, -0.1) is 0 Å². The van der Waals surface area contributed by atoms with Crippen molar-refractivity contribution in [3.8, 4) is 5.75 Å². The number of aryl methyl sites for hydroxylation is 2. The van der Waals surface area contributed by atoms with Crippen molar-refractivity contribution >= 4 is 34.0 Å². The summed E-state index contributed by atoms with van der Waals surface area (Å²) in [5.41, 5.74) is 4.03. The molecule has 2 aromatic heterocycles. The Hall–Kier alpha value is -3.61. The van der Waals surface area contributed by atoms with Crippen molar-refractivity contribution in [3.63, 3.8) is 0 Å². The largest absolute Gasteiger partial charge is 0.497 e. The van der Waals surface area contributed by atoms with Crippen LogP contribution in [-0.2, 0) is 7.05 Å². The number of benzene rings is 2. The molecule has 28 heavy (non-hydrogen) atoms. The van der Waals surface area contributed by atoms with E-state index in [1.54, 1.807) is 13.3 Å². The molecule has 0 saturated heterocycles. The molecule has 0 unspecified atom stereocenters. The van der Waals surface area contributed by atoms with Crippen LogP contribution in [0.1, 0.15) is 5.69 Å². The van der Waals surface area contributed by atoms with Crippen molar-refractivity contribution in [3.05, 3.63) is 60.4 Å². The summed E-state index contributed by atoms with van der Waals surface area (Å²) in [6.45, 7) is 2.07. The van der Waals surface area contributed by atoms with E-state index in [-0.39, 0.29) is 0 Å². The quantitative estimate of drug-likeness (QED) is 0.565. The summed E-state index contributed by atoms with van der Waals surface area (Å²) in [5, 5.41) is 8.95. The first-order chi connectivity index (χ1) is 13.5. The second-order valence-electron chi connectivity index (χ2n) is 6.56. The van der Waals surface area contributed by atoms with Gasteiger partial charge in [-0.25, -0.2) is 4.98 Å². The summed E-state index contributed by atoms with van der Waals surface area (Å²) in [7, 11) is 5.59. The molecule has 0 aliphatic heterocycles. The lowest BCUT2D eigenvalue weighted by molar-refractivity contribution is 0.415. The van der Waals surface area contributed by atoms with Crippen LogP contribution in [0.2, 0.25) is 0 Å². The molecule has 0 saturated carbocycles. The number of nitrogens with one attached hydrogen (secondary N) is 1. The summed E-state index contributed by atoms with van der Waals surface area (Å²) in [6.07, 6.45) is 1.74. The summed E-state index contributed by atoms with van der Waals surface area (Å²) in [5.74, 6) is 2.13. The van der Waals surface area contributed by atoms with E-state index in [0.717, 1.165) is 39.5 Å². The first-order valence-electron chi connectivity index (χ1n) is 8.96. The summed E-state index contributed by atoms with van der Waals surface area (Å²) >= 11 is 0. The monoisotopic (exact) mass is 374 g/mol. The molecule has 4 rings (SSSR count). The fraction of sp³-hybridized carbons (Fsp3) is 0.190. The van der Waals surface area contributed by atoms with Crippen LogP contribution < -0.4 is 15.0 Å². The highest BCUT2D eigenvalue weighted by atomic mass is 16.5. The maximum Gasteiger partial charge on any atom is 0.229 e. The fourth-order valence-corrected chi connectivity index (χ4v) is 3.06. The number of fused-ring (bicyclic) bond motifs is 1. The molecular formula is C21H22N6O. The van der Waals surface area contributed by atoms with Crippen LogP contribution in [0.4, 0.5) is 23.1 Å². The van der Waals surface area contributed by atoms with Crippen molar-refractivity contribution in [1.29, 1.82) is 0 Å². The van der Waals surface area contributed by atoms with Gasteiger partial charge in [-0.05, 0) is 55.5 Å². The van der Waals surface area contributed by atoms with Gasteiger partial charge in [-0.2, -0.15) is 10.1 Å². The fourth-order valence-electron chi connectivity index (χ4n) is 3.06. The van der Waals surface area contributed by atoms with Gasteiger partial charge in [0.25, 0.3) is 0 Å². The number of hydrogen-bond donors (Lipinski definition) is 1. The summed E-state index contributed by atoms with van der Waals surface area (Å²) in [4.78, 5) is 11.0. The van der Waals surface area contributed by atoms with Gasteiger partial charge < -0.3 is 15.0 Å². The molecule has 2 heterocycles. The molecule has 4 aromatic rings.